The van der Waals surface area contributed by atoms with Crippen LogP contribution in [0.3, 0.4) is 0 Å². The minimum Gasteiger partial charge on any atom is -0.353 e. The Morgan fingerprint density at radius 3 is 2.33 bits per heavy atom. The van der Waals surface area contributed by atoms with Crippen molar-refractivity contribution in [2.24, 2.45) is 0 Å². The van der Waals surface area contributed by atoms with Gasteiger partial charge in [-0.25, -0.2) is 0 Å². The van der Waals surface area contributed by atoms with E-state index in [2.05, 4.69) is 11.4 Å². The number of halogens is 2. The first-order valence-corrected chi connectivity index (χ1v) is 5.20. The van der Waals surface area contributed by atoms with E-state index in [9.17, 15) is 0 Å². The predicted octanol–water partition coefficient (Wildman–Crippen LogP) is 4.54. The van der Waals surface area contributed by atoms with Gasteiger partial charge < -0.3 is 5.32 Å². The molecule has 0 saturated heterocycles. The van der Waals surface area contributed by atoms with Crippen LogP contribution in [-0.4, -0.2) is 0 Å². The van der Waals surface area contributed by atoms with Crippen molar-refractivity contribution in [1.29, 1.82) is 0 Å². The van der Waals surface area contributed by atoms with E-state index in [0.29, 0.717) is 10.0 Å². The summed E-state index contributed by atoms with van der Waals surface area (Å²) in [6.07, 6.45) is 0. The molecule has 0 heterocycles. The van der Waals surface area contributed by atoms with Gasteiger partial charge in [0.2, 0.25) is 0 Å². The highest BCUT2D eigenvalue weighted by Gasteiger charge is 2.04. The molecule has 2 aromatic rings. The summed E-state index contributed by atoms with van der Waals surface area (Å²) >= 11 is 12.0. The van der Waals surface area contributed by atoms with Crippen molar-refractivity contribution in [1.82, 2.24) is 0 Å². The summed E-state index contributed by atoms with van der Waals surface area (Å²) in [5.74, 6) is 0. The summed E-state index contributed by atoms with van der Waals surface area (Å²) in [5, 5.41) is 4.35. The highest BCUT2D eigenvalue weighted by molar-refractivity contribution is 6.39. The average molecular weight is 237 g/mol. The number of hydrogen-bond donors (Lipinski definition) is 1. The highest BCUT2D eigenvalue weighted by Crippen LogP contribution is 2.32. The lowest BCUT2D eigenvalue weighted by Gasteiger charge is -2.09. The van der Waals surface area contributed by atoms with Gasteiger partial charge >= 0.3 is 0 Å². The Bertz CT molecular complexity index is 434. The van der Waals surface area contributed by atoms with E-state index in [1.165, 1.54) is 0 Å². The zero-order valence-electron chi connectivity index (χ0n) is 7.80. The van der Waals surface area contributed by atoms with Crippen molar-refractivity contribution in [3.8, 4) is 0 Å². The molecule has 0 saturated carbocycles. The summed E-state index contributed by atoms with van der Waals surface area (Å²) < 4.78 is 0. The van der Waals surface area contributed by atoms with Crippen LogP contribution in [0.1, 0.15) is 0 Å². The van der Waals surface area contributed by atoms with Crippen LogP contribution in [0.25, 0.3) is 0 Å². The van der Waals surface area contributed by atoms with Gasteiger partial charge in [0, 0.05) is 5.69 Å². The molecule has 0 amide bonds. The van der Waals surface area contributed by atoms with Crippen molar-refractivity contribution in [2.75, 3.05) is 5.32 Å². The predicted molar refractivity (Wildman–Crippen MR) is 65.0 cm³/mol. The van der Waals surface area contributed by atoms with Gasteiger partial charge in [-0.2, -0.15) is 0 Å². The quantitative estimate of drug-likeness (QED) is 0.808. The summed E-state index contributed by atoms with van der Waals surface area (Å²) in [4.78, 5) is 0. The zero-order valence-corrected chi connectivity index (χ0v) is 9.31. The van der Waals surface area contributed by atoms with Crippen molar-refractivity contribution in [3.63, 3.8) is 0 Å². The fourth-order valence-electron chi connectivity index (χ4n) is 1.23. The number of anilines is 2. The molecule has 0 aliphatic heterocycles. The van der Waals surface area contributed by atoms with Gasteiger partial charge in [0.05, 0.1) is 15.7 Å². The van der Waals surface area contributed by atoms with Crippen molar-refractivity contribution >= 4 is 34.6 Å². The number of rotatable bonds is 2. The molecule has 0 unspecified atom stereocenters. The van der Waals surface area contributed by atoms with E-state index in [1.54, 1.807) is 12.1 Å². The molecular weight excluding hydrogens is 229 g/mol. The summed E-state index contributed by atoms with van der Waals surface area (Å²) in [5.41, 5.74) is 1.63. The molecule has 2 rings (SSSR count). The molecule has 0 aliphatic carbocycles. The van der Waals surface area contributed by atoms with Crippen LogP contribution in [0.5, 0.6) is 0 Å². The van der Waals surface area contributed by atoms with E-state index in [-0.39, 0.29) is 0 Å². The lowest BCUT2D eigenvalue weighted by molar-refractivity contribution is 1.54. The van der Waals surface area contributed by atoms with Crippen LogP contribution in [0.15, 0.2) is 42.5 Å². The van der Waals surface area contributed by atoms with Crippen LogP contribution in [0, 0.1) is 6.07 Å². The second-order valence-electron chi connectivity index (χ2n) is 3.01. The van der Waals surface area contributed by atoms with E-state index in [1.807, 2.05) is 30.3 Å². The monoisotopic (exact) mass is 236 g/mol. The largest absolute Gasteiger partial charge is 0.353 e. The second kappa shape index (κ2) is 4.56. The van der Waals surface area contributed by atoms with Crippen molar-refractivity contribution in [3.05, 3.63) is 58.6 Å². The lowest BCUT2D eigenvalue weighted by atomic mass is 10.2. The maximum Gasteiger partial charge on any atom is 0.0762 e. The molecule has 3 heteroatoms. The zero-order chi connectivity index (χ0) is 10.7. The molecule has 15 heavy (non-hydrogen) atoms. The normalized spacial score (nSPS) is 10.0. The fraction of sp³-hybridized carbons (Fsp3) is 0. The lowest BCUT2D eigenvalue weighted by Crippen LogP contribution is -1.91. The van der Waals surface area contributed by atoms with Gasteiger partial charge in [-0.15, -0.1) is 0 Å². The van der Waals surface area contributed by atoms with Gasteiger partial charge in [0.15, 0.2) is 0 Å². The number of para-hydroxylation sites is 1. The third-order valence-electron chi connectivity index (χ3n) is 1.94. The molecule has 1 nitrogen and oxygen atoms in total. The van der Waals surface area contributed by atoms with Crippen LogP contribution >= 0.6 is 23.2 Å². The van der Waals surface area contributed by atoms with Crippen LogP contribution in [0.4, 0.5) is 11.4 Å². The first-order valence-electron chi connectivity index (χ1n) is 4.44. The van der Waals surface area contributed by atoms with E-state index in [4.69, 9.17) is 23.2 Å². The summed E-state index contributed by atoms with van der Waals surface area (Å²) in [6.45, 7) is 0. The van der Waals surface area contributed by atoms with Crippen molar-refractivity contribution < 1.29 is 0 Å². The topological polar surface area (TPSA) is 12.0 Å². The van der Waals surface area contributed by atoms with Crippen LogP contribution < -0.4 is 5.32 Å². The molecule has 75 valence electrons. The van der Waals surface area contributed by atoms with E-state index < -0.39 is 0 Å². The average Bonchev–Trinajstić information content (AvgIpc) is 2.25. The standard InChI is InChI=1S/C12H8Cl2N/c13-10-7-4-8-11(14)12(10)15-9-5-2-1-3-6-9/h1-2,4-8,15H. The molecule has 0 fully saturated rings. The van der Waals surface area contributed by atoms with E-state index >= 15 is 0 Å². The van der Waals surface area contributed by atoms with Gasteiger partial charge in [-0.05, 0) is 30.3 Å². The maximum atomic E-state index is 6.02. The van der Waals surface area contributed by atoms with Crippen LogP contribution in [-0.2, 0) is 0 Å². The van der Waals surface area contributed by atoms with Crippen molar-refractivity contribution in [2.45, 2.75) is 0 Å². The molecule has 0 bridgehead atoms. The Labute approximate surface area is 98.6 Å². The second-order valence-corrected chi connectivity index (χ2v) is 3.83. The Balaban J connectivity index is 2.32. The molecule has 2 aromatic carbocycles. The summed E-state index contributed by atoms with van der Waals surface area (Å²) in [6, 6.07) is 15.9. The first-order chi connectivity index (χ1) is 7.27. The number of hydrogen-bond acceptors (Lipinski definition) is 1. The molecule has 0 spiro atoms. The maximum absolute atomic E-state index is 6.02. The van der Waals surface area contributed by atoms with E-state index in [0.717, 1.165) is 11.4 Å². The number of benzene rings is 2. The Morgan fingerprint density at radius 2 is 1.73 bits per heavy atom. The molecule has 1 radical (unpaired) electrons. The molecule has 0 aliphatic rings. The van der Waals surface area contributed by atoms with Gasteiger partial charge in [-0.1, -0.05) is 41.4 Å². The minimum atomic E-state index is 0.603. The SMILES string of the molecule is Clc1cccc(Cl)c1Nc1c[c]ccc1. The molecule has 0 aromatic heterocycles. The number of nitrogens with one attached hydrogen (secondary N) is 1. The fourth-order valence-corrected chi connectivity index (χ4v) is 1.72. The molecular formula is C12H8Cl2N. The molecule has 1 N–H and O–H groups in total. The van der Waals surface area contributed by atoms with Gasteiger partial charge in [0.1, 0.15) is 0 Å². The summed E-state index contributed by atoms with van der Waals surface area (Å²) in [7, 11) is 0. The van der Waals surface area contributed by atoms with Gasteiger partial charge in [0.25, 0.3) is 0 Å². The smallest absolute Gasteiger partial charge is 0.0762 e. The molecule has 0 atom stereocenters. The Kier molecular flexibility index (Phi) is 3.14. The van der Waals surface area contributed by atoms with Crippen LogP contribution in [0.2, 0.25) is 10.0 Å². The van der Waals surface area contributed by atoms with Gasteiger partial charge in [-0.3, -0.25) is 0 Å². The third-order valence-corrected chi connectivity index (χ3v) is 2.57. The third kappa shape index (κ3) is 2.44. The Morgan fingerprint density at radius 1 is 1.00 bits per heavy atom. The first kappa shape index (κ1) is 10.3. The minimum absolute atomic E-state index is 0.603. The highest BCUT2D eigenvalue weighted by atomic mass is 35.5. The Hall–Kier alpha value is -1.18.